The normalized spacial score (nSPS) is 23.6. The molecule has 7 aromatic carbocycles. The van der Waals surface area contributed by atoms with Gasteiger partial charge in [0.2, 0.25) is 0 Å². The van der Waals surface area contributed by atoms with Crippen LogP contribution in [-0.4, -0.2) is 6.71 Å². The fraction of sp³-hybridized carbons (Fsp3) is 0.333. The summed E-state index contributed by atoms with van der Waals surface area (Å²) in [5, 5.41) is 0.470. The Balaban J connectivity index is 1.17. The van der Waals surface area contributed by atoms with Gasteiger partial charge < -0.3 is 14.2 Å². The molecule has 0 saturated heterocycles. The molecule has 2 aromatic heterocycles. The predicted molar refractivity (Wildman–Crippen MR) is 316 cm³/mol. The van der Waals surface area contributed by atoms with Crippen molar-refractivity contribution < 1.29 is 31.8 Å². The van der Waals surface area contributed by atoms with E-state index in [1.165, 1.54) is 4.90 Å². The summed E-state index contributed by atoms with van der Waals surface area (Å²) in [6, 6.07) is -7.56. The third kappa shape index (κ3) is 5.70. The molecular formula is C69H67BN2OS. The standard InChI is InChI=1S/C69H67BN2OS/c1-38-30-55-60-56(31-38)72(40-23-25-44-42-19-15-17-21-48(42)69(12,13)50(44)33-40)61-59-62(67(8,9)29-28-66(59,6)7)73-63(61)70(60)53-35-46-45-34-51-52(65(4,5)27-26-64(51,2)3)36-57(45)74-58(46)37-54(53)71(55)39-22-24-43-41-18-14-16-20-47(41)68(10,11)49(43)32-39/h14-25,30-37H,26-29H2,1-13H3/i14D,15D,16D,17D,18D,19D,20D,21D,22D,23D,24D,25D,30D,31D,32D,33D,34D,35D,36D,37D. The maximum atomic E-state index is 11.2. The fourth-order valence-corrected chi connectivity index (χ4v) is 14.5. The number of nitrogens with zero attached hydrogens (tertiary/aromatic N) is 2. The first-order chi connectivity index (χ1) is 43.5. The van der Waals surface area contributed by atoms with Crippen LogP contribution in [0.5, 0.6) is 0 Å². The van der Waals surface area contributed by atoms with E-state index in [0.29, 0.717) is 46.4 Å². The Morgan fingerprint density at radius 1 is 0.486 bits per heavy atom. The predicted octanol–water partition coefficient (Wildman–Crippen LogP) is 17.3. The maximum absolute atomic E-state index is 11.2. The van der Waals surface area contributed by atoms with Gasteiger partial charge in [-0.15, -0.1) is 11.3 Å². The van der Waals surface area contributed by atoms with Crippen LogP contribution in [0.2, 0.25) is 0 Å². The van der Waals surface area contributed by atoms with Crippen molar-refractivity contribution in [2.45, 2.75) is 148 Å². The van der Waals surface area contributed by atoms with Gasteiger partial charge in [0.15, 0.2) is 0 Å². The monoisotopic (exact) mass is 1000 g/mol. The van der Waals surface area contributed by atoms with Crippen molar-refractivity contribution in [3.63, 3.8) is 0 Å². The number of benzene rings is 7. The average molecular weight is 1000 g/mol. The Hall–Kier alpha value is -6.30. The highest BCUT2D eigenvalue weighted by Crippen LogP contribution is 2.58. The van der Waals surface area contributed by atoms with Crippen molar-refractivity contribution in [3.8, 4) is 22.3 Å². The summed E-state index contributed by atoms with van der Waals surface area (Å²) < 4.78 is 207. The van der Waals surface area contributed by atoms with Crippen molar-refractivity contribution in [1.82, 2.24) is 0 Å². The Bertz CT molecular complexity index is 5210. The van der Waals surface area contributed by atoms with E-state index in [-0.39, 0.29) is 165 Å². The van der Waals surface area contributed by atoms with Gasteiger partial charge in [0.1, 0.15) is 5.76 Å². The summed E-state index contributed by atoms with van der Waals surface area (Å²) in [6.45, 7) is 23.4. The van der Waals surface area contributed by atoms with E-state index in [0.717, 1.165) is 17.8 Å². The highest BCUT2D eigenvalue weighted by Gasteiger charge is 2.53. The molecule has 0 unspecified atom stereocenters. The van der Waals surface area contributed by atoms with Crippen molar-refractivity contribution in [1.29, 1.82) is 0 Å². The van der Waals surface area contributed by atoms with Crippen LogP contribution < -0.4 is 26.4 Å². The van der Waals surface area contributed by atoms with E-state index in [1.54, 1.807) is 39.5 Å². The lowest BCUT2D eigenvalue weighted by molar-refractivity contribution is 0.282. The summed E-state index contributed by atoms with van der Waals surface area (Å²) in [5.41, 5.74) is -3.45. The lowest BCUT2D eigenvalue weighted by atomic mass is 9.35. The van der Waals surface area contributed by atoms with Crippen LogP contribution in [0.15, 0.2) is 125 Å². The van der Waals surface area contributed by atoms with Crippen LogP contribution in [0, 0.1) is 6.92 Å². The molecule has 0 N–H and O–H groups in total. The van der Waals surface area contributed by atoms with Crippen LogP contribution in [0.4, 0.5) is 34.1 Å². The minimum Gasteiger partial charge on any atom is -0.472 e. The van der Waals surface area contributed by atoms with Crippen LogP contribution in [0.25, 0.3) is 42.4 Å². The molecule has 368 valence electrons. The van der Waals surface area contributed by atoms with E-state index in [9.17, 15) is 21.9 Å². The van der Waals surface area contributed by atoms with Crippen LogP contribution in [0.3, 0.4) is 0 Å². The average Bonchev–Trinajstić information content (AvgIpc) is 1.31. The van der Waals surface area contributed by atoms with Gasteiger partial charge in [-0.2, -0.15) is 0 Å². The third-order valence-electron chi connectivity index (χ3n) is 18.0. The second-order valence-corrected chi connectivity index (χ2v) is 26.4. The topological polar surface area (TPSA) is 19.6 Å². The molecule has 0 amide bonds. The van der Waals surface area contributed by atoms with Gasteiger partial charge in [0.25, 0.3) is 6.71 Å². The van der Waals surface area contributed by atoms with Crippen LogP contribution in [0.1, 0.15) is 186 Å². The van der Waals surface area contributed by atoms with Crippen molar-refractivity contribution in [2.75, 3.05) is 9.80 Å². The molecule has 9 aromatic rings. The van der Waals surface area contributed by atoms with E-state index >= 15 is 0 Å². The zero-order valence-corrected chi connectivity index (χ0v) is 44.9. The minimum absolute atomic E-state index is 0.000262. The number of fused-ring (bicyclic) bond motifs is 16. The first-order valence-corrected chi connectivity index (χ1v) is 26.8. The van der Waals surface area contributed by atoms with E-state index in [1.807, 2.05) is 27.7 Å². The van der Waals surface area contributed by atoms with E-state index in [2.05, 4.69) is 27.7 Å². The van der Waals surface area contributed by atoms with Crippen LogP contribution in [-0.2, 0) is 32.5 Å². The van der Waals surface area contributed by atoms with Gasteiger partial charge in [-0.3, -0.25) is 0 Å². The molecule has 0 fully saturated rings. The summed E-state index contributed by atoms with van der Waals surface area (Å²) in [7, 11) is 0. The number of rotatable bonds is 2. The molecule has 4 aliphatic carbocycles. The van der Waals surface area contributed by atoms with Gasteiger partial charge in [-0.25, -0.2) is 0 Å². The lowest BCUT2D eigenvalue weighted by Gasteiger charge is -2.44. The Labute approximate surface area is 470 Å². The van der Waals surface area contributed by atoms with Crippen molar-refractivity contribution in [2.24, 2.45) is 0 Å². The molecule has 0 saturated carbocycles. The van der Waals surface area contributed by atoms with Crippen molar-refractivity contribution >= 4 is 88.9 Å². The second-order valence-electron chi connectivity index (χ2n) is 25.4. The van der Waals surface area contributed by atoms with Gasteiger partial charge in [-0.1, -0.05) is 150 Å². The molecular weight excluding hydrogens is 916 g/mol. The molecule has 0 radical (unpaired) electrons. The minimum atomic E-state index is -1.45. The molecule has 74 heavy (non-hydrogen) atoms. The molecule has 0 bridgehead atoms. The third-order valence-corrected chi connectivity index (χ3v) is 19.0. The largest absolute Gasteiger partial charge is 0.472 e. The zero-order chi connectivity index (χ0) is 68.5. The van der Waals surface area contributed by atoms with Gasteiger partial charge in [-0.05, 0) is 181 Å². The number of thiophene rings is 1. The molecule has 0 atom stereocenters. The molecule has 2 aliphatic heterocycles. The first kappa shape index (κ1) is 29.1. The summed E-state index contributed by atoms with van der Waals surface area (Å²) in [6.07, 6.45) is 2.63. The number of anilines is 6. The highest BCUT2D eigenvalue weighted by molar-refractivity contribution is 7.26. The van der Waals surface area contributed by atoms with Crippen molar-refractivity contribution in [3.05, 3.63) is 171 Å². The Morgan fingerprint density at radius 2 is 0.986 bits per heavy atom. The lowest BCUT2D eigenvalue weighted by Crippen LogP contribution is -2.61. The quantitative estimate of drug-likeness (QED) is 0.161. The molecule has 5 heteroatoms. The smallest absolute Gasteiger partial charge is 0.297 e. The number of hydrogen-bond donors (Lipinski definition) is 0. The number of hydrogen-bond acceptors (Lipinski definition) is 4. The summed E-state index contributed by atoms with van der Waals surface area (Å²) >= 11 is 1.09. The number of furan rings is 1. The Morgan fingerprint density at radius 3 is 1.61 bits per heavy atom. The van der Waals surface area contributed by atoms with E-state index in [4.69, 9.17) is 9.90 Å². The molecule has 3 nitrogen and oxygen atoms in total. The molecule has 0 spiro atoms. The molecule has 6 aliphatic rings. The maximum Gasteiger partial charge on any atom is 0.297 e. The Kier molecular flexibility index (Phi) is 5.57. The van der Waals surface area contributed by atoms with Gasteiger partial charge >= 0.3 is 0 Å². The van der Waals surface area contributed by atoms with E-state index < -0.39 is 112 Å². The first-order valence-electron chi connectivity index (χ1n) is 35.9. The molecule has 4 heterocycles. The fourth-order valence-electron chi connectivity index (χ4n) is 13.5. The van der Waals surface area contributed by atoms with Gasteiger partial charge in [0.05, 0.1) is 38.8 Å². The second kappa shape index (κ2) is 14.1. The molecule has 15 rings (SSSR count). The van der Waals surface area contributed by atoms with Gasteiger partial charge in [0, 0.05) is 65.0 Å². The highest BCUT2D eigenvalue weighted by atomic mass is 32.1. The SMILES string of the molecule is [2H]c1c([2H])c([2H])c2c(c1[2H])-c1c([2H])c([2H])c(N3c4c([2H])c(C)c([2H])c5c4B(c4oc6c(c43)C(C)(C)CCC6(C)C)c3c(c([2H])c4sc6c([2H])c7c(c([2H])c6c4c3[2H])C(C)(C)CCC7(C)C)N5c3c([2H])c([2H])c4c(c3[2H])C(C)(C)c3c([2H])c([2H])c([2H])c([2H])c3-4)c([2H])c1C2(C)C. The summed E-state index contributed by atoms with van der Waals surface area (Å²) in [5.74, 6) is 0.506. The summed E-state index contributed by atoms with van der Waals surface area (Å²) in [4.78, 5) is 2.97. The zero-order valence-electron chi connectivity index (χ0n) is 64.1. The van der Waals surface area contributed by atoms with Crippen LogP contribution >= 0.6 is 11.3 Å².